The molecule has 0 aliphatic heterocycles. The SMILES string of the molecule is CNC(Cc1cccc(Cl)c1F)Cc1nccn1C. The summed E-state index contributed by atoms with van der Waals surface area (Å²) in [5, 5.41) is 3.37. The van der Waals surface area contributed by atoms with Crippen LogP contribution >= 0.6 is 11.6 Å². The fraction of sp³-hybridized carbons (Fsp3) is 0.357. The molecule has 0 fully saturated rings. The molecule has 2 aromatic rings. The number of nitrogens with one attached hydrogen (secondary N) is 1. The van der Waals surface area contributed by atoms with Crippen LogP contribution in [0.4, 0.5) is 4.39 Å². The fourth-order valence-corrected chi connectivity index (χ4v) is 2.26. The van der Waals surface area contributed by atoms with Gasteiger partial charge in [-0.2, -0.15) is 0 Å². The average Bonchev–Trinajstić information content (AvgIpc) is 2.79. The zero-order valence-corrected chi connectivity index (χ0v) is 11.8. The van der Waals surface area contributed by atoms with Crippen LogP contribution in [0.2, 0.25) is 5.02 Å². The second-order valence-corrected chi connectivity index (χ2v) is 4.97. The second-order valence-electron chi connectivity index (χ2n) is 4.56. The number of hydrogen-bond acceptors (Lipinski definition) is 2. The lowest BCUT2D eigenvalue weighted by molar-refractivity contribution is 0.516. The molecule has 0 saturated carbocycles. The van der Waals surface area contributed by atoms with E-state index in [0.717, 1.165) is 12.2 Å². The Balaban J connectivity index is 2.11. The van der Waals surface area contributed by atoms with Gasteiger partial charge in [0.25, 0.3) is 0 Å². The smallest absolute Gasteiger partial charge is 0.145 e. The summed E-state index contributed by atoms with van der Waals surface area (Å²) in [6.45, 7) is 0. The van der Waals surface area contributed by atoms with E-state index in [1.165, 1.54) is 0 Å². The van der Waals surface area contributed by atoms with Crippen molar-refractivity contribution in [3.8, 4) is 0 Å². The molecule has 19 heavy (non-hydrogen) atoms. The van der Waals surface area contributed by atoms with E-state index in [4.69, 9.17) is 11.6 Å². The minimum Gasteiger partial charge on any atom is -0.338 e. The van der Waals surface area contributed by atoms with Gasteiger partial charge in [0.05, 0.1) is 5.02 Å². The average molecular weight is 282 g/mol. The molecule has 1 N–H and O–H groups in total. The van der Waals surface area contributed by atoms with E-state index in [-0.39, 0.29) is 16.9 Å². The van der Waals surface area contributed by atoms with Gasteiger partial charge in [-0.1, -0.05) is 23.7 Å². The summed E-state index contributed by atoms with van der Waals surface area (Å²) in [5.41, 5.74) is 0.626. The highest BCUT2D eigenvalue weighted by Crippen LogP contribution is 2.19. The monoisotopic (exact) mass is 281 g/mol. The van der Waals surface area contributed by atoms with Crippen LogP contribution in [0.1, 0.15) is 11.4 Å². The number of imidazole rings is 1. The molecule has 0 bridgehead atoms. The number of aryl methyl sites for hydroxylation is 1. The summed E-state index contributed by atoms with van der Waals surface area (Å²) in [5.74, 6) is 0.644. The summed E-state index contributed by atoms with van der Waals surface area (Å²) in [6, 6.07) is 5.22. The van der Waals surface area contributed by atoms with E-state index in [9.17, 15) is 4.39 Å². The molecule has 0 radical (unpaired) electrons. The maximum atomic E-state index is 13.9. The summed E-state index contributed by atoms with van der Waals surface area (Å²) in [6.07, 6.45) is 4.99. The first kappa shape index (κ1) is 14.0. The number of nitrogens with zero attached hydrogens (tertiary/aromatic N) is 2. The normalized spacial score (nSPS) is 12.6. The minimum atomic E-state index is -0.329. The summed E-state index contributed by atoms with van der Waals surface area (Å²) < 4.78 is 15.8. The highest BCUT2D eigenvalue weighted by molar-refractivity contribution is 6.30. The predicted octanol–water partition coefficient (Wildman–Crippen LogP) is 2.59. The van der Waals surface area contributed by atoms with E-state index in [1.807, 2.05) is 24.9 Å². The summed E-state index contributed by atoms with van der Waals surface area (Å²) in [7, 11) is 3.82. The third kappa shape index (κ3) is 3.33. The first-order valence-electron chi connectivity index (χ1n) is 6.18. The first-order chi connectivity index (χ1) is 9.11. The van der Waals surface area contributed by atoms with Gasteiger partial charge in [0, 0.05) is 31.9 Å². The number of halogens is 2. The first-order valence-corrected chi connectivity index (χ1v) is 6.56. The molecule has 1 heterocycles. The Labute approximate surface area is 117 Å². The van der Waals surface area contributed by atoms with Gasteiger partial charge in [0.15, 0.2) is 0 Å². The molecule has 2 rings (SSSR count). The molecule has 5 heteroatoms. The Morgan fingerprint density at radius 3 is 2.84 bits per heavy atom. The molecule has 0 amide bonds. The van der Waals surface area contributed by atoms with E-state index >= 15 is 0 Å². The van der Waals surface area contributed by atoms with E-state index < -0.39 is 0 Å². The van der Waals surface area contributed by atoms with Crippen molar-refractivity contribution in [2.45, 2.75) is 18.9 Å². The number of rotatable bonds is 5. The van der Waals surface area contributed by atoms with Crippen LogP contribution in [0.15, 0.2) is 30.6 Å². The van der Waals surface area contributed by atoms with Crippen molar-refractivity contribution in [2.75, 3.05) is 7.05 Å². The minimum absolute atomic E-state index is 0.120. The van der Waals surface area contributed by atoms with Crippen molar-refractivity contribution in [1.29, 1.82) is 0 Å². The van der Waals surface area contributed by atoms with Gasteiger partial charge < -0.3 is 9.88 Å². The lowest BCUT2D eigenvalue weighted by Gasteiger charge is -2.16. The molecule has 102 valence electrons. The predicted molar refractivity (Wildman–Crippen MR) is 74.9 cm³/mol. The van der Waals surface area contributed by atoms with E-state index in [0.29, 0.717) is 12.0 Å². The van der Waals surface area contributed by atoms with Gasteiger partial charge >= 0.3 is 0 Å². The van der Waals surface area contributed by atoms with Crippen molar-refractivity contribution in [2.24, 2.45) is 7.05 Å². The van der Waals surface area contributed by atoms with E-state index in [2.05, 4.69) is 10.3 Å². The second kappa shape index (κ2) is 6.17. The lowest BCUT2D eigenvalue weighted by atomic mass is 10.0. The highest BCUT2D eigenvalue weighted by Gasteiger charge is 2.14. The van der Waals surface area contributed by atoms with Crippen LogP contribution < -0.4 is 5.32 Å². The molecule has 3 nitrogen and oxygen atoms in total. The lowest BCUT2D eigenvalue weighted by Crippen LogP contribution is -2.31. The molecule has 0 aliphatic carbocycles. The molecule has 1 atom stereocenters. The van der Waals surface area contributed by atoms with E-state index in [1.54, 1.807) is 24.4 Å². The van der Waals surface area contributed by atoms with Gasteiger partial charge in [-0.05, 0) is 25.1 Å². The number of likely N-dealkylation sites (N-methyl/N-ethyl adjacent to an activating group) is 1. The quantitative estimate of drug-likeness (QED) is 0.913. The van der Waals surface area contributed by atoms with Crippen molar-refractivity contribution in [3.63, 3.8) is 0 Å². The Morgan fingerprint density at radius 1 is 1.42 bits per heavy atom. The molecular formula is C14H17ClFN3. The van der Waals surface area contributed by atoms with Crippen LogP contribution in [-0.2, 0) is 19.9 Å². The highest BCUT2D eigenvalue weighted by atomic mass is 35.5. The molecule has 1 unspecified atom stereocenters. The fourth-order valence-electron chi connectivity index (χ4n) is 2.06. The Morgan fingerprint density at radius 2 is 2.21 bits per heavy atom. The van der Waals surface area contributed by atoms with Crippen molar-refractivity contribution in [1.82, 2.24) is 14.9 Å². The van der Waals surface area contributed by atoms with Gasteiger partial charge in [0.2, 0.25) is 0 Å². The van der Waals surface area contributed by atoms with Crippen LogP contribution in [0, 0.1) is 5.82 Å². The summed E-state index contributed by atoms with van der Waals surface area (Å²) in [4.78, 5) is 4.29. The largest absolute Gasteiger partial charge is 0.338 e. The number of benzene rings is 1. The van der Waals surface area contributed by atoms with Crippen LogP contribution in [0.5, 0.6) is 0 Å². The zero-order chi connectivity index (χ0) is 13.8. The van der Waals surface area contributed by atoms with Crippen molar-refractivity contribution >= 4 is 11.6 Å². The maximum Gasteiger partial charge on any atom is 0.145 e. The maximum absolute atomic E-state index is 13.9. The topological polar surface area (TPSA) is 29.9 Å². The zero-order valence-electron chi connectivity index (χ0n) is 11.0. The Bertz CT molecular complexity index is 553. The molecule has 0 saturated heterocycles. The van der Waals surface area contributed by atoms with Crippen molar-refractivity contribution in [3.05, 3.63) is 52.8 Å². The summed E-state index contributed by atoms with van der Waals surface area (Å²) >= 11 is 5.80. The molecule has 1 aromatic carbocycles. The standard InChI is InChI=1S/C14H17ClFN3/c1-17-11(9-13-18-6-7-19(13)2)8-10-4-3-5-12(15)14(10)16/h3-7,11,17H,8-9H2,1-2H3. The molecule has 0 aliphatic rings. The third-order valence-corrected chi connectivity index (χ3v) is 3.55. The molecule has 0 spiro atoms. The van der Waals surface area contributed by atoms with Crippen LogP contribution in [0.25, 0.3) is 0 Å². The Kier molecular flexibility index (Phi) is 4.56. The van der Waals surface area contributed by atoms with Gasteiger partial charge in [-0.15, -0.1) is 0 Å². The number of hydrogen-bond donors (Lipinski definition) is 1. The Hall–Kier alpha value is -1.39. The van der Waals surface area contributed by atoms with Gasteiger partial charge in [0.1, 0.15) is 11.6 Å². The van der Waals surface area contributed by atoms with Gasteiger partial charge in [-0.25, -0.2) is 9.37 Å². The van der Waals surface area contributed by atoms with Crippen LogP contribution in [-0.4, -0.2) is 22.6 Å². The van der Waals surface area contributed by atoms with Crippen molar-refractivity contribution < 1.29 is 4.39 Å². The van der Waals surface area contributed by atoms with Gasteiger partial charge in [-0.3, -0.25) is 0 Å². The molecular weight excluding hydrogens is 265 g/mol. The third-order valence-electron chi connectivity index (χ3n) is 3.26. The van der Waals surface area contributed by atoms with Crippen LogP contribution in [0.3, 0.4) is 0 Å². The molecule has 1 aromatic heterocycles. The number of aromatic nitrogens is 2.